The van der Waals surface area contributed by atoms with Gasteiger partial charge in [-0.25, -0.2) is 9.59 Å². The van der Waals surface area contributed by atoms with E-state index in [1.165, 1.54) is 14.2 Å². The van der Waals surface area contributed by atoms with E-state index in [9.17, 15) is 9.59 Å². The molecule has 0 aliphatic carbocycles. The Bertz CT molecular complexity index is 1420. The Morgan fingerprint density at radius 2 is 1.61 bits per heavy atom. The van der Waals surface area contributed by atoms with Gasteiger partial charge >= 0.3 is 11.9 Å². The van der Waals surface area contributed by atoms with E-state index in [-0.39, 0.29) is 30.6 Å². The molecule has 3 aromatic rings. The highest BCUT2D eigenvalue weighted by Crippen LogP contribution is 2.41. The Labute approximate surface area is 219 Å². The van der Waals surface area contributed by atoms with Crippen molar-refractivity contribution in [2.24, 2.45) is 5.73 Å². The number of fused-ring (bicyclic) bond motifs is 1. The molecule has 2 aliphatic rings. The minimum Gasteiger partial charge on any atom is -0.493 e. The first-order chi connectivity index (χ1) is 18.5. The van der Waals surface area contributed by atoms with Crippen molar-refractivity contribution in [3.63, 3.8) is 0 Å². The zero-order valence-corrected chi connectivity index (χ0v) is 20.8. The van der Waals surface area contributed by atoms with Crippen LogP contribution >= 0.6 is 0 Å². The van der Waals surface area contributed by atoms with E-state index in [1.807, 2.05) is 30.3 Å². The molecule has 0 radical (unpaired) electrons. The molecule has 0 unspecified atom stereocenters. The van der Waals surface area contributed by atoms with Crippen LogP contribution in [0.3, 0.4) is 0 Å². The molecule has 9 heteroatoms. The Morgan fingerprint density at radius 3 is 2.32 bits per heavy atom. The summed E-state index contributed by atoms with van der Waals surface area (Å²) < 4.78 is 32.7. The molecular formula is C29H25NO8. The molecule has 2 N–H and O–H groups in total. The minimum absolute atomic E-state index is 0.0821. The Kier molecular flexibility index (Phi) is 7.01. The highest BCUT2D eigenvalue weighted by Gasteiger charge is 2.27. The van der Waals surface area contributed by atoms with Crippen LogP contribution in [0.4, 0.5) is 0 Å². The van der Waals surface area contributed by atoms with E-state index in [2.05, 4.69) is 0 Å². The molecule has 0 amide bonds. The van der Waals surface area contributed by atoms with Crippen molar-refractivity contribution in [3.8, 4) is 28.7 Å². The predicted octanol–water partition coefficient (Wildman–Crippen LogP) is 4.06. The normalized spacial score (nSPS) is 16.9. The smallest absolute Gasteiger partial charge is 0.338 e. The maximum absolute atomic E-state index is 12.8. The Hall–Kier alpha value is -4.76. The summed E-state index contributed by atoms with van der Waals surface area (Å²) in [7, 11) is 2.88. The van der Waals surface area contributed by atoms with Crippen molar-refractivity contribution >= 4 is 24.1 Å². The van der Waals surface area contributed by atoms with Gasteiger partial charge in [-0.15, -0.1) is 0 Å². The van der Waals surface area contributed by atoms with Crippen LogP contribution in [0.15, 0.2) is 71.8 Å². The molecule has 0 saturated carbocycles. The van der Waals surface area contributed by atoms with Gasteiger partial charge in [-0.2, -0.15) is 0 Å². The Morgan fingerprint density at radius 1 is 0.895 bits per heavy atom. The molecule has 0 bridgehead atoms. The molecule has 3 aromatic carbocycles. The molecule has 9 nitrogen and oxygen atoms in total. The van der Waals surface area contributed by atoms with Gasteiger partial charge in [0.2, 0.25) is 12.5 Å². The number of esters is 2. The highest BCUT2D eigenvalue weighted by molar-refractivity contribution is 6.03. The first kappa shape index (κ1) is 24.9. The summed E-state index contributed by atoms with van der Waals surface area (Å²) >= 11 is 0. The fourth-order valence-corrected chi connectivity index (χ4v) is 4.12. The topological polar surface area (TPSA) is 116 Å². The van der Waals surface area contributed by atoms with Gasteiger partial charge in [0.15, 0.2) is 23.0 Å². The van der Waals surface area contributed by atoms with Gasteiger partial charge in [0.1, 0.15) is 12.6 Å². The van der Waals surface area contributed by atoms with Crippen molar-refractivity contribution < 1.29 is 38.0 Å². The van der Waals surface area contributed by atoms with E-state index in [0.29, 0.717) is 33.8 Å². The summed E-state index contributed by atoms with van der Waals surface area (Å²) in [6, 6.07) is 16.7. The maximum Gasteiger partial charge on any atom is 0.338 e. The summed E-state index contributed by atoms with van der Waals surface area (Å²) in [5.74, 6) is 0.730. The second kappa shape index (κ2) is 10.7. The van der Waals surface area contributed by atoms with Crippen molar-refractivity contribution in [2.75, 3.05) is 27.6 Å². The number of ether oxygens (including phenoxy) is 6. The van der Waals surface area contributed by atoms with Crippen molar-refractivity contribution in [3.05, 3.63) is 88.5 Å². The summed E-state index contributed by atoms with van der Waals surface area (Å²) in [5.41, 5.74) is 9.19. The van der Waals surface area contributed by atoms with Crippen LogP contribution in [0.5, 0.6) is 28.7 Å². The molecule has 194 valence electrons. The van der Waals surface area contributed by atoms with Crippen molar-refractivity contribution in [1.82, 2.24) is 0 Å². The number of hydrogen-bond donors (Lipinski definition) is 1. The van der Waals surface area contributed by atoms with Crippen LogP contribution in [-0.4, -0.2) is 39.6 Å². The lowest BCUT2D eigenvalue weighted by Crippen LogP contribution is -2.26. The standard InChI is InChI=1S/C29H25NO8/c1-33-24-13-18(14-25(34-2)27(24)38-29(32)26(30)19-6-4-3-5-7-19)11-21-20(15-35-28(21)31)10-17-8-9-22-23(12-17)37-16-36-22/h3-14,26H,15-16,30H2,1-2H3/b20-10-,21-11-/t26-/m0/s1. The van der Waals surface area contributed by atoms with E-state index in [0.717, 1.165) is 5.56 Å². The fraction of sp³-hybridized carbons (Fsp3) is 0.172. The number of benzene rings is 3. The van der Waals surface area contributed by atoms with Gasteiger partial charge in [-0.1, -0.05) is 36.4 Å². The molecule has 2 heterocycles. The van der Waals surface area contributed by atoms with Gasteiger partial charge in [0.05, 0.1) is 19.8 Å². The predicted molar refractivity (Wildman–Crippen MR) is 138 cm³/mol. The summed E-state index contributed by atoms with van der Waals surface area (Å²) in [4.78, 5) is 25.4. The second-order valence-corrected chi connectivity index (χ2v) is 8.48. The lowest BCUT2D eigenvalue weighted by Gasteiger charge is -2.17. The van der Waals surface area contributed by atoms with E-state index in [4.69, 9.17) is 34.2 Å². The number of carbonyl (C=O) groups excluding carboxylic acids is 2. The number of nitrogens with two attached hydrogens (primary N) is 1. The van der Waals surface area contributed by atoms with E-state index < -0.39 is 18.0 Å². The van der Waals surface area contributed by atoms with Crippen molar-refractivity contribution in [1.29, 1.82) is 0 Å². The zero-order chi connectivity index (χ0) is 26.6. The molecule has 1 saturated heterocycles. The van der Waals surface area contributed by atoms with Gasteiger partial charge in [-0.05, 0) is 53.1 Å². The monoisotopic (exact) mass is 515 g/mol. The number of hydrogen-bond acceptors (Lipinski definition) is 9. The summed E-state index contributed by atoms with van der Waals surface area (Å²) in [5, 5.41) is 0. The Balaban J connectivity index is 1.45. The number of methoxy groups -OCH3 is 2. The number of rotatable bonds is 7. The second-order valence-electron chi connectivity index (χ2n) is 8.48. The molecular weight excluding hydrogens is 490 g/mol. The maximum atomic E-state index is 12.8. The van der Waals surface area contributed by atoms with Crippen LogP contribution in [-0.2, 0) is 14.3 Å². The largest absolute Gasteiger partial charge is 0.493 e. The molecule has 1 fully saturated rings. The van der Waals surface area contributed by atoms with Gasteiger partial charge in [0, 0.05) is 5.57 Å². The third kappa shape index (κ3) is 5.05. The molecule has 0 spiro atoms. The van der Waals surface area contributed by atoms with Crippen LogP contribution in [0.2, 0.25) is 0 Å². The van der Waals surface area contributed by atoms with Crippen LogP contribution in [0.25, 0.3) is 12.2 Å². The third-order valence-corrected chi connectivity index (χ3v) is 6.07. The van der Waals surface area contributed by atoms with Gasteiger partial charge in [0.25, 0.3) is 0 Å². The molecule has 2 aliphatic heterocycles. The van der Waals surface area contributed by atoms with Crippen LogP contribution < -0.4 is 29.4 Å². The first-order valence-corrected chi connectivity index (χ1v) is 11.7. The third-order valence-electron chi connectivity index (χ3n) is 6.07. The van der Waals surface area contributed by atoms with E-state index >= 15 is 0 Å². The molecule has 1 atom stereocenters. The fourth-order valence-electron chi connectivity index (χ4n) is 4.12. The SMILES string of the molecule is COc1cc(/C=C2\C(=O)OC\C2=C\c2ccc3c(c2)OCO3)cc(OC)c1OC(=O)[C@@H](N)c1ccccc1. The van der Waals surface area contributed by atoms with Crippen molar-refractivity contribution in [2.45, 2.75) is 6.04 Å². The van der Waals surface area contributed by atoms with Gasteiger partial charge < -0.3 is 34.2 Å². The number of cyclic esters (lactones) is 1. The first-order valence-electron chi connectivity index (χ1n) is 11.7. The average molecular weight is 516 g/mol. The number of carbonyl (C=O) groups is 2. The molecule has 0 aromatic heterocycles. The zero-order valence-electron chi connectivity index (χ0n) is 20.8. The summed E-state index contributed by atoms with van der Waals surface area (Å²) in [6.07, 6.45) is 3.52. The molecule has 5 rings (SSSR count). The lowest BCUT2D eigenvalue weighted by molar-refractivity contribution is -0.136. The molecule has 38 heavy (non-hydrogen) atoms. The quantitative estimate of drug-likeness (QED) is 0.282. The van der Waals surface area contributed by atoms with Gasteiger partial charge in [-0.3, -0.25) is 0 Å². The summed E-state index contributed by atoms with van der Waals surface area (Å²) in [6.45, 7) is 0.301. The van der Waals surface area contributed by atoms with E-state index in [1.54, 1.807) is 42.5 Å². The average Bonchev–Trinajstić information content (AvgIpc) is 3.55. The van der Waals surface area contributed by atoms with Crippen LogP contribution in [0, 0.1) is 0 Å². The van der Waals surface area contributed by atoms with Crippen LogP contribution in [0.1, 0.15) is 22.7 Å². The lowest BCUT2D eigenvalue weighted by atomic mass is 10.0. The highest BCUT2D eigenvalue weighted by atomic mass is 16.7. The minimum atomic E-state index is -0.996.